The summed E-state index contributed by atoms with van der Waals surface area (Å²) in [5, 5.41) is 1.87. The molecule has 0 radical (unpaired) electrons. The zero-order valence-corrected chi connectivity index (χ0v) is 12.4. The van der Waals surface area contributed by atoms with Gasteiger partial charge in [0, 0.05) is 18.0 Å². The van der Waals surface area contributed by atoms with E-state index in [-0.39, 0.29) is 5.91 Å². The molecule has 2 N–H and O–H groups in total. The molecule has 0 bridgehead atoms. The summed E-state index contributed by atoms with van der Waals surface area (Å²) in [6.45, 7) is 2.75. The largest absolute Gasteiger partial charge is 0.383 e. The lowest BCUT2D eigenvalue weighted by Crippen LogP contribution is -2.39. The summed E-state index contributed by atoms with van der Waals surface area (Å²) in [7, 11) is 0. The van der Waals surface area contributed by atoms with Gasteiger partial charge in [0.15, 0.2) is 0 Å². The Hall–Kier alpha value is -2.10. The number of hydrogen-bond donors (Lipinski definition) is 1. The van der Waals surface area contributed by atoms with Gasteiger partial charge in [-0.15, -0.1) is 0 Å². The van der Waals surface area contributed by atoms with Crippen molar-refractivity contribution in [3.05, 3.63) is 36.0 Å². The molecule has 1 aliphatic rings. The van der Waals surface area contributed by atoms with Crippen LogP contribution in [0.15, 0.2) is 30.3 Å². The molecule has 1 heterocycles. The Labute approximate surface area is 125 Å². The van der Waals surface area contributed by atoms with Crippen LogP contribution in [-0.4, -0.2) is 28.4 Å². The van der Waals surface area contributed by atoms with Crippen molar-refractivity contribution in [2.75, 3.05) is 12.3 Å². The van der Waals surface area contributed by atoms with Crippen LogP contribution >= 0.6 is 0 Å². The summed E-state index contributed by atoms with van der Waals surface area (Å²) in [6, 6.07) is 9.99. The Balaban J connectivity index is 1.96. The minimum atomic E-state index is 0.00172. The van der Waals surface area contributed by atoms with E-state index in [1.54, 1.807) is 0 Å². The van der Waals surface area contributed by atoms with Crippen molar-refractivity contribution in [1.29, 1.82) is 0 Å². The molecule has 110 valence electrons. The number of fused-ring (bicyclic) bond motifs is 1. The van der Waals surface area contributed by atoms with E-state index in [0.29, 0.717) is 17.6 Å². The van der Waals surface area contributed by atoms with E-state index in [1.807, 2.05) is 42.2 Å². The fraction of sp³-hybridized carbons (Fsp3) is 0.412. The second-order valence-corrected chi connectivity index (χ2v) is 5.64. The summed E-state index contributed by atoms with van der Waals surface area (Å²) in [6.07, 6.45) is 4.62. The molecule has 1 amide bonds. The molecule has 21 heavy (non-hydrogen) atoms. The topological polar surface area (TPSA) is 59.2 Å². The monoisotopic (exact) mass is 283 g/mol. The highest BCUT2D eigenvalue weighted by atomic mass is 16.2. The Morgan fingerprint density at radius 2 is 2.05 bits per heavy atom. The van der Waals surface area contributed by atoms with Gasteiger partial charge in [0.25, 0.3) is 5.91 Å². The van der Waals surface area contributed by atoms with Crippen LogP contribution in [0.3, 0.4) is 0 Å². The molecule has 0 spiro atoms. The number of aromatic nitrogens is 1. The summed E-state index contributed by atoms with van der Waals surface area (Å²) in [4.78, 5) is 19.0. The zero-order chi connectivity index (χ0) is 14.8. The number of nitrogen functional groups attached to an aromatic ring is 1. The van der Waals surface area contributed by atoms with Crippen molar-refractivity contribution in [3.8, 4) is 0 Å². The maximum atomic E-state index is 12.8. The quantitative estimate of drug-likeness (QED) is 0.941. The van der Waals surface area contributed by atoms with Crippen molar-refractivity contribution < 1.29 is 4.79 Å². The standard InChI is InChI=1S/C17H21N3O/c1-2-20(13-8-4-5-9-13)17(21)15-11-12-7-3-6-10-14(12)16(18)19-15/h3,6-7,10-11,13H,2,4-5,8-9H2,1H3,(H2,18,19). The molecule has 0 atom stereocenters. The first-order valence-corrected chi connectivity index (χ1v) is 7.67. The van der Waals surface area contributed by atoms with Crippen LogP contribution in [0.5, 0.6) is 0 Å². The maximum Gasteiger partial charge on any atom is 0.272 e. The molecule has 1 aromatic carbocycles. The molecule has 2 aromatic rings. The SMILES string of the molecule is CCN(C(=O)c1cc2ccccc2c(N)n1)C1CCCC1. The number of rotatable bonds is 3. The number of hydrogen-bond acceptors (Lipinski definition) is 3. The molecular weight excluding hydrogens is 262 g/mol. The summed E-state index contributed by atoms with van der Waals surface area (Å²) < 4.78 is 0. The highest BCUT2D eigenvalue weighted by Crippen LogP contribution is 2.26. The summed E-state index contributed by atoms with van der Waals surface area (Å²) >= 11 is 0. The normalized spacial score (nSPS) is 15.5. The molecule has 4 nitrogen and oxygen atoms in total. The van der Waals surface area contributed by atoms with Gasteiger partial charge in [0.1, 0.15) is 11.5 Å². The summed E-state index contributed by atoms with van der Waals surface area (Å²) in [5.41, 5.74) is 6.47. The summed E-state index contributed by atoms with van der Waals surface area (Å²) in [5.74, 6) is 0.431. The van der Waals surface area contributed by atoms with Crippen molar-refractivity contribution >= 4 is 22.5 Å². The van der Waals surface area contributed by atoms with Crippen molar-refractivity contribution in [3.63, 3.8) is 0 Å². The Kier molecular flexibility index (Phi) is 3.78. The van der Waals surface area contributed by atoms with Gasteiger partial charge in [-0.05, 0) is 31.2 Å². The molecule has 3 rings (SSSR count). The van der Waals surface area contributed by atoms with Gasteiger partial charge in [-0.2, -0.15) is 0 Å². The van der Waals surface area contributed by atoms with Gasteiger partial charge in [-0.1, -0.05) is 37.1 Å². The molecule has 0 unspecified atom stereocenters. The number of pyridine rings is 1. The van der Waals surface area contributed by atoms with Crippen LogP contribution in [0.2, 0.25) is 0 Å². The Morgan fingerprint density at radius 3 is 2.76 bits per heavy atom. The molecule has 1 fully saturated rings. The van der Waals surface area contributed by atoms with Crippen LogP contribution in [0.25, 0.3) is 10.8 Å². The van der Waals surface area contributed by atoms with E-state index in [4.69, 9.17) is 5.73 Å². The van der Waals surface area contributed by atoms with E-state index in [1.165, 1.54) is 12.8 Å². The number of benzene rings is 1. The number of nitrogens with two attached hydrogens (primary N) is 1. The Bertz CT molecular complexity index is 662. The van der Waals surface area contributed by atoms with Crippen LogP contribution in [0.4, 0.5) is 5.82 Å². The molecular formula is C17H21N3O. The average molecular weight is 283 g/mol. The molecule has 1 saturated carbocycles. The predicted octanol–water partition coefficient (Wildman–Crippen LogP) is 3.22. The van der Waals surface area contributed by atoms with E-state index >= 15 is 0 Å². The number of nitrogens with zero attached hydrogens (tertiary/aromatic N) is 2. The maximum absolute atomic E-state index is 12.8. The van der Waals surface area contributed by atoms with Gasteiger partial charge in [0.2, 0.25) is 0 Å². The molecule has 1 aromatic heterocycles. The van der Waals surface area contributed by atoms with Crippen LogP contribution in [0.1, 0.15) is 43.1 Å². The number of carbonyl (C=O) groups is 1. The fourth-order valence-corrected chi connectivity index (χ4v) is 3.27. The van der Waals surface area contributed by atoms with Crippen LogP contribution in [-0.2, 0) is 0 Å². The van der Waals surface area contributed by atoms with Gasteiger partial charge in [-0.3, -0.25) is 4.79 Å². The first-order valence-electron chi connectivity index (χ1n) is 7.67. The van der Waals surface area contributed by atoms with Gasteiger partial charge in [0.05, 0.1) is 0 Å². The second-order valence-electron chi connectivity index (χ2n) is 5.64. The lowest BCUT2D eigenvalue weighted by atomic mass is 10.1. The smallest absolute Gasteiger partial charge is 0.272 e. The van der Waals surface area contributed by atoms with E-state index < -0.39 is 0 Å². The highest BCUT2D eigenvalue weighted by molar-refractivity contribution is 5.99. The molecule has 0 saturated heterocycles. The number of anilines is 1. The van der Waals surface area contributed by atoms with E-state index in [2.05, 4.69) is 4.98 Å². The number of carbonyl (C=O) groups excluding carboxylic acids is 1. The van der Waals surface area contributed by atoms with Crippen molar-refractivity contribution in [1.82, 2.24) is 9.88 Å². The predicted molar refractivity (Wildman–Crippen MR) is 85.1 cm³/mol. The van der Waals surface area contributed by atoms with E-state index in [0.717, 1.165) is 30.2 Å². The molecule has 1 aliphatic carbocycles. The number of amides is 1. The minimum Gasteiger partial charge on any atom is -0.383 e. The zero-order valence-electron chi connectivity index (χ0n) is 12.4. The highest BCUT2D eigenvalue weighted by Gasteiger charge is 2.27. The third-order valence-electron chi connectivity index (χ3n) is 4.36. The average Bonchev–Trinajstić information content (AvgIpc) is 3.02. The second kappa shape index (κ2) is 5.72. The third kappa shape index (κ3) is 2.58. The van der Waals surface area contributed by atoms with Crippen LogP contribution < -0.4 is 5.73 Å². The van der Waals surface area contributed by atoms with E-state index in [9.17, 15) is 4.79 Å². The van der Waals surface area contributed by atoms with Gasteiger partial charge >= 0.3 is 0 Å². The van der Waals surface area contributed by atoms with Gasteiger partial charge in [-0.25, -0.2) is 4.98 Å². The Morgan fingerprint density at radius 1 is 1.33 bits per heavy atom. The first kappa shape index (κ1) is 13.9. The first-order chi connectivity index (χ1) is 10.2. The fourth-order valence-electron chi connectivity index (χ4n) is 3.27. The van der Waals surface area contributed by atoms with Gasteiger partial charge < -0.3 is 10.6 Å². The minimum absolute atomic E-state index is 0.00172. The third-order valence-corrected chi connectivity index (χ3v) is 4.36. The lowest BCUT2D eigenvalue weighted by molar-refractivity contribution is 0.0688. The van der Waals surface area contributed by atoms with Crippen LogP contribution in [0, 0.1) is 0 Å². The van der Waals surface area contributed by atoms with Crippen molar-refractivity contribution in [2.45, 2.75) is 38.6 Å². The van der Waals surface area contributed by atoms with Crippen molar-refractivity contribution in [2.24, 2.45) is 0 Å². The molecule has 4 heteroatoms. The molecule has 0 aliphatic heterocycles. The lowest BCUT2D eigenvalue weighted by Gasteiger charge is -2.27.